The minimum atomic E-state index is 0. The molecule has 0 saturated heterocycles. The van der Waals surface area contributed by atoms with Gasteiger partial charge in [-0.2, -0.15) is 0 Å². The Morgan fingerprint density at radius 1 is 1.00 bits per heavy atom. The Hall–Kier alpha value is 3.45. The van der Waals surface area contributed by atoms with Crippen LogP contribution in [0.5, 0.6) is 0 Å². The van der Waals surface area contributed by atoms with Crippen molar-refractivity contribution < 1.29 is 36.5 Å². The maximum absolute atomic E-state index is 0. The smallest absolute Gasteiger partial charge is 0 e. The van der Waals surface area contributed by atoms with Crippen molar-refractivity contribution in [3.8, 4) is 0 Å². The Morgan fingerprint density at radius 3 is 1.00 bits per heavy atom. The molecule has 0 bridgehead atoms. The van der Waals surface area contributed by atoms with Crippen molar-refractivity contribution in [2.24, 2.45) is 0 Å². The fourth-order valence-corrected chi connectivity index (χ4v) is 0. The normalized spacial score (nSPS) is 0. The molecule has 5 heteroatoms. The molecule has 0 atom stereocenters. The van der Waals surface area contributed by atoms with E-state index in [4.69, 9.17) is 0 Å². The van der Waals surface area contributed by atoms with E-state index >= 15 is 0 Å². The van der Waals surface area contributed by atoms with Crippen LogP contribution in [0.1, 0.15) is 0 Å². The second-order valence-corrected chi connectivity index (χ2v) is 0. The van der Waals surface area contributed by atoms with Crippen LogP contribution >= 0.6 is 0 Å². The summed E-state index contributed by atoms with van der Waals surface area (Å²) in [5.41, 5.74) is 0. The Kier molecular flexibility index (Phi) is 205. The average Bonchev–Trinajstić information content (AvgIpc) is 0. The first-order valence-corrected chi connectivity index (χ1v) is 0. The second kappa shape index (κ2) is 26.0. The quantitative estimate of drug-likeness (QED) is 0.347. The van der Waals surface area contributed by atoms with Crippen LogP contribution in [0.25, 0.3) is 0 Å². The van der Waals surface area contributed by atoms with E-state index in [9.17, 15) is 0 Å². The van der Waals surface area contributed by atoms with Crippen LogP contribution in [-0.2, 0) is 36.5 Å². The Labute approximate surface area is 104 Å². The molecule has 0 aromatic carbocycles. The van der Waals surface area contributed by atoms with E-state index in [0.29, 0.717) is 0 Å². The molecular weight excluding hydrogens is 432 g/mol. The summed E-state index contributed by atoms with van der Waals surface area (Å²) in [5.74, 6) is 0. The van der Waals surface area contributed by atoms with Crippen LogP contribution in [-0.4, -0.2) is 69.5 Å². The van der Waals surface area contributed by atoms with Gasteiger partial charge in [0.25, 0.3) is 0 Å². The van der Waals surface area contributed by atoms with Gasteiger partial charge in [0, 0.05) is 36.5 Å². The van der Waals surface area contributed by atoms with E-state index in [1.807, 2.05) is 0 Å². The summed E-state index contributed by atoms with van der Waals surface area (Å²) in [6.07, 6.45) is 0. The molecule has 0 nitrogen and oxygen atoms in total. The van der Waals surface area contributed by atoms with Gasteiger partial charge in [-0.25, -0.2) is 0 Å². The third-order valence-corrected chi connectivity index (χ3v) is 0. The minimum absolute atomic E-state index is 0. The number of rotatable bonds is 0. The SMILES string of the molecule is [Cu].[GaH3].[InH3].[SnH2].[Zn]. The van der Waals surface area contributed by atoms with Crippen molar-refractivity contribution in [3.05, 3.63) is 0 Å². The zero-order valence-electron chi connectivity index (χ0n) is 1.72. The predicted octanol–water partition coefficient (Wildman–Crippen LogP) is -3.29. The van der Waals surface area contributed by atoms with Gasteiger partial charge in [0.1, 0.15) is 0 Å². The summed E-state index contributed by atoms with van der Waals surface area (Å²) in [7, 11) is 0. The van der Waals surface area contributed by atoms with Crippen molar-refractivity contribution >= 4 is 69.5 Å². The van der Waals surface area contributed by atoms with Crippen molar-refractivity contribution in [2.75, 3.05) is 0 Å². The summed E-state index contributed by atoms with van der Waals surface area (Å²) in [6, 6.07) is 0. The summed E-state index contributed by atoms with van der Waals surface area (Å²) >= 11 is 0. The van der Waals surface area contributed by atoms with Gasteiger partial charge in [0.2, 0.25) is 0 Å². The number of hydrogen-bond acceptors (Lipinski definition) is 0. The third kappa shape index (κ3) is 18.6. The van der Waals surface area contributed by atoms with Gasteiger partial charge in [-0.1, -0.05) is 0 Å². The zero-order valence-corrected chi connectivity index (χ0v) is 9.66. The first-order valence-electron chi connectivity index (χ1n) is 0. The Morgan fingerprint density at radius 2 is 1.00 bits per heavy atom. The van der Waals surface area contributed by atoms with E-state index in [2.05, 4.69) is 0 Å². The van der Waals surface area contributed by atoms with E-state index in [1.165, 1.54) is 0 Å². The van der Waals surface area contributed by atoms with Gasteiger partial charge >= 0.3 is 69.5 Å². The van der Waals surface area contributed by atoms with Crippen molar-refractivity contribution in [3.63, 3.8) is 0 Å². The van der Waals surface area contributed by atoms with Gasteiger partial charge in [0.15, 0.2) is 0 Å². The molecule has 0 spiro atoms. The van der Waals surface area contributed by atoms with E-state index in [-0.39, 0.29) is 106 Å². The first kappa shape index (κ1) is 39.4. The molecule has 0 rings (SSSR count). The van der Waals surface area contributed by atoms with Crippen LogP contribution < -0.4 is 0 Å². The molecule has 0 saturated carbocycles. The summed E-state index contributed by atoms with van der Waals surface area (Å²) in [4.78, 5) is 0. The molecule has 0 fully saturated rings. The standard InChI is InChI=1S/Cu.Ga.In.Sn.Zn.8H. The summed E-state index contributed by atoms with van der Waals surface area (Å²) < 4.78 is 0. The fourth-order valence-electron chi connectivity index (χ4n) is 0. The number of hydrogen-bond donors (Lipinski definition) is 0. The second-order valence-electron chi connectivity index (χ2n) is 0. The van der Waals surface area contributed by atoms with Gasteiger partial charge in [-0.3, -0.25) is 0 Å². The van der Waals surface area contributed by atoms with Crippen LogP contribution in [0.3, 0.4) is 0 Å². The molecule has 0 aromatic rings. The third-order valence-electron chi connectivity index (χ3n) is 0. The van der Waals surface area contributed by atoms with Crippen LogP contribution in [0.4, 0.5) is 0 Å². The van der Waals surface area contributed by atoms with Gasteiger partial charge in [-0.05, 0) is 0 Å². The predicted molar refractivity (Wildman–Crippen MR) is 28.4 cm³/mol. The van der Waals surface area contributed by atoms with E-state index in [1.54, 1.807) is 0 Å². The monoisotopic (exact) mass is 439 g/mol. The van der Waals surface area contributed by atoms with Gasteiger partial charge < -0.3 is 0 Å². The van der Waals surface area contributed by atoms with Gasteiger partial charge in [-0.15, -0.1) is 0 Å². The first-order chi connectivity index (χ1) is 0. The molecule has 0 N–H and O–H groups in total. The van der Waals surface area contributed by atoms with Crippen LogP contribution in [0.2, 0.25) is 0 Å². The molecule has 0 aliphatic rings. The maximum atomic E-state index is 0. The molecule has 0 unspecified atom stereocenters. The average molecular weight is 440 g/mol. The van der Waals surface area contributed by atoms with E-state index in [0.717, 1.165) is 0 Å². The van der Waals surface area contributed by atoms with Crippen LogP contribution in [0, 0.1) is 0 Å². The van der Waals surface area contributed by atoms with E-state index < -0.39 is 0 Å². The minimum Gasteiger partial charge on any atom is 0 e. The van der Waals surface area contributed by atoms with Gasteiger partial charge in [0.05, 0.1) is 0 Å². The maximum Gasteiger partial charge on any atom is 0 e. The largest absolute Gasteiger partial charge is 0 e. The molecule has 0 aromatic heterocycles. The molecular formula is H8CuGaInSnZn. The molecule has 0 amide bonds. The summed E-state index contributed by atoms with van der Waals surface area (Å²) in [5, 5.41) is 0. The fraction of sp³-hybridized carbons (Fsp3) is 0. The van der Waals surface area contributed by atoms with Crippen molar-refractivity contribution in [2.45, 2.75) is 0 Å². The zero-order chi connectivity index (χ0) is 0. The Balaban J connectivity index is 0. The Bertz CT molecular complexity index is 11.6. The summed E-state index contributed by atoms with van der Waals surface area (Å²) in [6.45, 7) is 0. The van der Waals surface area contributed by atoms with Crippen LogP contribution in [0.15, 0.2) is 0 Å². The van der Waals surface area contributed by atoms with Crippen molar-refractivity contribution in [1.29, 1.82) is 0 Å². The molecule has 3 radical (unpaired) electrons. The molecule has 0 aliphatic carbocycles. The molecule has 0 heterocycles. The topological polar surface area (TPSA) is 0 Å². The van der Waals surface area contributed by atoms with Crippen molar-refractivity contribution in [1.82, 2.24) is 0 Å². The molecule has 0 aliphatic heterocycles. The molecule has 31 valence electrons. The molecule has 5 heavy (non-hydrogen) atoms.